The van der Waals surface area contributed by atoms with E-state index in [1.165, 1.54) is 6.33 Å². The Balaban J connectivity index is 1.51. The molecule has 180 valence electrons. The monoisotopic (exact) mass is 466 g/mol. The van der Waals surface area contributed by atoms with Crippen molar-refractivity contribution < 1.29 is 23.8 Å². The number of esters is 1. The third-order valence-electron chi connectivity index (χ3n) is 5.46. The molecular formula is C25H30N4O5. The number of carbonyl (C=O) groups excluding carboxylic acids is 2. The molecule has 9 heteroatoms. The Bertz CT molecular complexity index is 1160. The van der Waals surface area contributed by atoms with Gasteiger partial charge in [-0.15, -0.1) is 0 Å². The van der Waals surface area contributed by atoms with E-state index < -0.39 is 11.6 Å². The second-order valence-corrected chi connectivity index (χ2v) is 9.19. The molecule has 0 bridgehead atoms. The number of likely N-dealkylation sites (tertiary alicyclic amines) is 1. The van der Waals surface area contributed by atoms with Crippen LogP contribution in [0, 0.1) is 0 Å². The lowest BCUT2D eigenvalue weighted by molar-refractivity contribution is 0.0126. The zero-order valence-electron chi connectivity index (χ0n) is 20.0. The van der Waals surface area contributed by atoms with Crippen molar-refractivity contribution in [3.8, 4) is 11.4 Å². The van der Waals surface area contributed by atoms with Crippen molar-refractivity contribution in [1.82, 2.24) is 19.4 Å². The Labute approximate surface area is 198 Å². The van der Waals surface area contributed by atoms with Crippen molar-refractivity contribution in [1.29, 1.82) is 0 Å². The number of carbonyl (C=O) groups is 2. The highest BCUT2D eigenvalue weighted by Crippen LogP contribution is 2.29. The summed E-state index contributed by atoms with van der Waals surface area (Å²) in [5, 5.41) is 0.843. The van der Waals surface area contributed by atoms with Gasteiger partial charge in [-0.25, -0.2) is 19.6 Å². The molecule has 0 spiro atoms. The lowest BCUT2D eigenvalue weighted by atomic mass is 10.1. The van der Waals surface area contributed by atoms with E-state index in [0.717, 1.165) is 10.9 Å². The number of aromatic nitrogens is 3. The van der Waals surface area contributed by atoms with E-state index in [1.54, 1.807) is 34.9 Å². The number of fused-ring (bicyclic) bond motifs is 1. The minimum Gasteiger partial charge on any atom is -0.490 e. The molecular weight excluding hydrogens is 436 g/mol. The fourth-order valence-corrected chi connectivity index (χ4v) is 3.98. The Morgan fingerprint density at radius 3 is 2.44 bits per heavy atom. The average Bonchev–Trinajstić information content (AvgIpc) is 3.18. The second-order valence-electron chi connectivity index (χ2n) is 9.19. The molecule has 0 radical (unpaired) electrons. The van der Waals surface area contributed by atoms with Gasteiger partial charge in [0, 0.05) is 31.3 Å². The van der Waals surface area contributed by atoms with Gasteiger partial charge in [-0.1, -0.05) is 0 Å². The minimum atomic E-state index is -0.509. The van der Waals surface area contributed by atoms with Crippen LogP contribution in [0.1, 0.15) is 51.0 Å². The van der Waals surface area contributed by atoms with Crippen LogP contribution in [0.3, 0.4) is 0 Å². The number of nitrogens with zero attached hydrogens (tertiary/aromatic N) is 4. The number of piperidine rings is 1. The fourth-order valence-electron chi connectivity index (χ4n) is 3.98. The SMILES string of the molecule is CCOC(=O)c1cc2cc(OC3CCN(C(=O)OC(C)(C)C)CC3)ccc2n1-c1cncnc1. The molecule has 1 aromatic carbocycles. The minimum absolute atomic E-state index is 0.00901. The number of benzene rings is 1. The molecule has 4 rings (SSSR count). The molecule has 0 unspecified atom stereocenters. The van der Waals surface area contributed by atoms with Gasteiger partial charge in [0.1, 0.15) is 29.5 Å². The molecule has 0 N–H and O–H groups in total. The number of hydrogen-bond acceptors (Lipinski definition) is 7. The molecule has 1 aliphatic heterocycles. The molecule has 1 aliphatic rings. The maximum atomic E-state index is 12.6. The predicted molar refractivity (Wildman–Crippen MR) is 126 cm³/mol. The van der Waals surface area contributed by atoms with E-state index >= 15 is 0 Å². The van der Waals surface area contributed by atoms with Gasteiger partial charge in [0.15, 0.2) is 0 Å². The highest BCUT2D eigenvalue weighted by Gasteiger charge is 2.28. The van der Waals surface area contributed by atoms with Crippen LogP contribution in [0.5, 0.6) is 5.75 Å². The molecule has 2 aromatic heterocycles. The van der Waals surface area contributed by atoms with E-state index in [1.807, 2.05) is 39.0 Å². The molecule has 3 heterocycles. The number of rotatable bonds is 5. The van der Waals surface area contributed by atoms with Crippen molar-refractivity contribution in [2.45, 2.75) is 52.2 Å². The van der Waals surface area contributed by atoms with Crippen LogP contribution < -0.4 is 4.74 Å². The van der Waals surface area contributed by atoms with Gasteiger partial charge in [0.2, 0.25) is 0 Å². The Morgan fingerprint density at radius 2 is 1.79 bits per heavy atom. The lowest BCUT2D eigenvalue weighted by Gasteiger charge is -2.33. The summed E-state index contributed by atoms with van der Waals surface area (Å²) in [5.74, 6) is 0.291. The van der Waals surface area contributed by atoms with Gasteiger partial charge in [-0.3, -0.25) is 0 Å². The first-order valence-corrected chi connectivity index (χ1v) is 11.5. The predicted octanol–water partition coefficient (Wildman–Crippen LogP) is 4.38. The van der Waals surface area contributed by atoms with Gasteiger partial charge < -0.3 is 23.7 Å². The van der Waals surface area contributed by atoms with Crippen LogP contribution >= 0.6 is 0 Å². The van der Waals surface area contributed by atoms with Crippen molar-refractivity contribution in [3.63, 3.8) is 0 Å². The number of hydrogen-bond donors (Lipinski definition) is 0. The topological polar surface area (TPSA) is 95.8 Å². The van der Waals surface area contributed by atoms with E-state index in [0.29, 0.717) is 43.1 Å². The first-order valence-electron chi connectivity index (χ1n) is 11.5. The first-order chi connectivity index (χ1) is 16.2. The largest absolute Gasteiger partial charge is 0.490 e. The van der Waals surface area contributed by atoms with E-state index in [-0.39, 0.29) is 18.8 Å². The third-order valence-corrected chi connectivity index (χ3v) is 5.46. The molecule has 3 aromatic rings. The van der Waals surface area contributed by atoms with Gasteiger partial charge in [-0.2, -0.15) is 0 Å². The molecule has 9 nitrogen and oxygen atoms in total. The molecule has 1 saturated heterocycles. The fraction of sp³-hybridized carbons (Fsp3) is 0.440. The summed E-state index contributed by atoms with van der Waals surface area (Å²) in [4.78, 5) is 34.8. The normalized spacial score (nSPS) is 14.8. The maximum Gasteiger partial charge on any atom is 0.410 e. The molecule has 1 fully saturated rings. The maximum absolute atomic E-state index is 12.6. The Kier molecular flexibility index (Phi) is 6.72. The highest BCUT2D eigenvalue weighted by molar-refractivity contribution is 5.97. The van der Waals surface area contributed by atoms with E-state index in [2.05, 4.69) is 9.97 Å². The Morgan fingerprint density at radius 1 is 1.09 bits per heavy atom. The molecule has 34 heavy (non-hydrogen) atoms. The second kappa shape index (κ2) is 9.70. The summed E-state index contributed by atoms with van der Waals surface area (Å²) >= 11 is 0. The smallest absolute Gasteiger partial charge is 0.410 e. The van der Waals surface area contributed by atoms with Crippen LogP contribution in [0.25, 0.3) is 16.6 Å². The highest BCUT2D eigenvalue weighted by atomic mass is 16.6. The van der Waals surface area contributed by atoms with Gasteiger partial charge in [0.25, 0.3) is 0 Å². The molecule has 0 atom stereocenters. The van der Waals surface area contributed by atoms with Crippen LogP contribution in [0.4, 0.5) is 4.79 Å². The lowest BCUT2D eigenvalue weighted by Crippen LogP contribution is -2.44. The first kappa shape index (κ1) is 23.5. The Hall–Kier alpha value is -3.62. The van der Waals surface area contributed by atoms with Crippen molar-refractivity contribution in [2.24, 2.45) is 0 Å². The van der Waals surface area contributed by atoms with Crippen LogP contribution in [-0.4, -0.2) is 62.9 Å². The summed E-state index contributed by atoms with van der Waals surface area (Å²) in [6.07, 6.45) is 5.88. The molecule has 0 saturated carbocycles. The summed E-state index contributed by atoms with van der Waals surface area (Å²) in [6, 6.07) is 7.50. The average molecular weight is 467 g/mol. The quantitative estimate of drug-likeness (QED) is 0.515. The number of amides is 1. The van der Waals surface area contributed by atoms with Crippen LogP contribution in [0.2, 0.25) is 0 Å². The summed E-state index contributed by atoms with van der Waals surface area (Å²) < 4.78 is 18.7. The van der Waals surface area contributed by atoms with E-state index in [9.17, 15) is 9.59 Å². The van der Waals surface area contributed by atoms with Crippen molar-refractivity contribution in [2.75, 3.05) is 19.7 Å². The summed E-state index contributed by atoms with van der Waals surface area (Å²) in [5.41, 5.74) is 1.38. The van der Waals surface area contributed by atoms with E-state index in [4.69, 9.17) is 14.2 Å². The third kappa shape index (κ3) is 5.30. The van der Waals surface area contributed by atoms with Crippen LogP contribution in [-0.2, 0) is 9.47 Å². The van der Waals surface area contributed by atoms with Crippen LogP contribution in [0.15, 0.2) is 43.0 Å². The van der Waals surface area contributed by atoms with Gasteiger partial charge >= 0.3 is 12.1 Å². The summed E-state index contributed by atoms with van der Waals surface area (Å²) in [6.45, 7) is 8.81. The zero-order valence-corrected chi connectivity index (χ0v) is 20.0. The summed E-state index contributed by atoms with van der Waals surface area (Å²) in [7, 11) is 0. The zero-order chi connectivity index (χ0) is 24.3. The van der Waals surface area contributed by atoms with Crippen molar-refractivity contribution >= 4 is 23.0 Å². The van der Waals surface area contributed by atoms with Crippen molar-refractivity contribution in [3.05, 3.63) is 48.7 Å². The molecule has 0 aliphatic carbocycles. The van der Waals surface area contributed by atoms with Gasteiger partial charge in [-0.05, 0) is 52.0 Å². The van der Waals surface area contributed by atoms with Gasteiger partial charge in [0.05, 0.1) is 30.2 Å². The molecule has 1 amide bonds. The number of ether oxygens (including phenoxy) is 3. The standard InChI is InChI=1S/C25H30N4O5/c1-5-32-23(30)22-13-17-12-20(6-7-21(17)29(22)18-14-26-16-27-15-18)33-19-8-10-28(11-9-19)24(31)34-25(2,3)4/h6-7,12-16,19H,5,8-11H2,1-4H3.